The standard InChI is InChI=1S/C7H9F2NO2/c8-5(9)4-1-2-7(10,3-4)6(11)12/h1-3,10H2,(H,11,12). The summed E-state index contributed by atoms with van der Waals surface area (Å²) < 4.78 is 24.0. The molecule has 0 aromatic rings. The minimum atomic E-state index is -1.79. The highest BCUT2D eigenvalue weighted by Gasteiger charge is 2.40. The Kier molecular flexibility index (Phi) is 2.14. The zero-order valence-electron chi connectivity index (χ0n) is 6.31. The lowest BCUT2D eigenvalue weighted by atomic mass is 10.00. The second-order valence-electron chi connectivity index (χ2n) is 3.00. The molecule has 0 aromatic heterocycles. The molecule has 1 aliphatic carbocycles. The van der Waals surface area contributed by atoms with E-state index >= 15 is 0 Å². The summed E-state index contributed by atoms with van der Waals surface area (Å²) in [6, 6.07) is 0. The van der Waals surface area contributed by atoms with Gasteiger partial charge in [-0.25, -0.2) is 0 Å². The monoisotopic (exact) mass is 177 g/mol. The maximum atomic E-state index is 12.0. The lowest BCUT2D eigenvalue weighted by Gasteiger charge is -2.15. The number of carbonyl (C=O) groups is 1. The molecule has 1 rings (SSSR count). The number of rotatable bonds is 1. The molecule has 68 valence electrons. The Morgan fingerprint density at radius 1 is 1.58 bits per heavy atom. The summed E-state index contributed by atoms with van der Waals surface area (Å²) in [5.41, 5.74) is 3.76. The first-order chi connectivity index (χ1) is 5.46. The first kappa shape index (κ1) is 9.12. The van der Waals surface area contributed by atoms with E-state index in [1.165, 1.54) is 0 Å². The first-order valence-corrected chi connectivity index (χ1v) is 3.51. The molecule has 0 aromatic carbocycles. The van der Waals surface area contributed by atoms with Crippen LogP contribution < -0.4 is 5.73 Å². The van der Waals surface area contributed by atoms with Gasteiger partial charge in [-0.1, -0.05) is 0 Å². The van der Waals surface area contributed by atoms with Crippen LogP contribution in [0, 0.1) is 0 Å². The van der Waals surface area contributed by atoms with Gasteiger partial charge in [0.25, 0.3) is 6.08 Å². The van der Waals surface area contributed by atoms with Crippen LogP contribution in [0.4, 0.5) is 8.78 Å². The average molecular weight is 177 g/mol. The summed E-state index contributed by atoms with van der Waals surface area (Å²) in [4.78, 5) is 10.5. The Hall–Kier alpha value is -0.970. The van der Waals surface area contributed by atoms with Crippen molar-refractivity contribution in [2.45, 2.75) is 24.8 Å². The van der Waals surface area contributed by atoms with Gasteiger partial charge >= 0.3 is 5.97 Å². The molecule has 0 radical (unpaired) electrons. The molecular formula is C7H9F2NO2. The predicted molar refractivity (Wildman–Crippen MR) is 37.6 cm³/mol. The van der Waals surface area contributed by atoms with Gasteiger partial charge in [0, 0.05) is 6.42 Å². The molecule has 0 heterocycles. The van der Waals surface area contributed by atoms with Gasteiger partial charge in [-0.15, -0.1) is 0 Å². The summed E-state index contributed by atoms with van der Waals surface area (Å²) >= 11 is 0. The van der Waals surface area contributed by atoms with E-state index in [0.29, 0.717) is 0 Å². The molecule has 1 saturated carbocycles. The molecule has 0 bridgehead atoms. The largest absolute Gasteiger partial charge is 0.480 e. The molecule has 0 spiro atoms. The average Bonchev–Trinajstić information content (AvgIpc) is 2.33. The Morgan fingerprint density at radius 2 is 2.17 bits per heavy atom. The molecule has 0 saturated heterocycles. The van der Waals surface area contributed by atoms with Crippen molar-refractivity contribution in [3.05, 3.63) is 11.7 Å². The number of carboxylic acid groups (broad SMARTS) is 1. The Labute approximate surface area is 67.9 Å². The third-order valence-corrected chi connectivity index (χ3v) is 2.09. The van der Waals surface area contributed by atoms with Gasteiger partial charge in [0.05, 0.1) is 0 Å². The predicted octanol–water partition coefficient (Wildman–Crippen LogP) is 1.10. The van der Waals surface area contributed by atoms with Crippen LogP contribution in [-0.4, -0.2) is 16.6 Å². The minimum Gasteiger partial charge on any atom is -0.480 e. The minimum absolute atomic E-state index is 0.0884. The zero-order valence-corrected chi connectivity index (χ0v) is 6.31. The molecule has 3 nitrogen and oxygen atoms in total. The van der Waals surface area contributed by atoms with Gasteiger partial charge in [-0.3, -0.25) is 4.79 Å². The van der Waals surface area contributed by atoms with Crippen molar-refractivity contribution in [3.8, 4) is 0 Å². The summed E-state index contributed by atoms with van der Waals surface area (Å²) in [7, 11) is 0. The van der Waals surface area contributed by atoms with E-state index in [4.69, 9.17) is 10.8 Å². The molecule has 1 atom stereocenters. The van der Waals surface area contributed by atoms with Crippen LogP contribution in [0.1, 0.15) is 19.3 Å². The smallest absolute Gasteiger partial charge is 0.324 e. The molecule has 3 N–H and O–H groups in total. The second kappa shape index (κ2) is 2.82. The molecule has 1 unspecified atom stereocenters. The maximum absolute atomic E-state index is 12.0. The van der Waals surface area contributed by atoms with E-state index < -0.39 is 17.6 Å². The molecule has 1 aliphatic rings. The number of hydrogen-bond acceptors (Lipinski definition) is 2. The Balaban J connectivity index is 2.81. The highest BCUT2D eigenvalue weighted by Crippen LogP contribution is 2.34. The fourth-order valence-corrected chi connectivity index (χ4v) is 1.28. The van der Waals surface area contributed by atoms with E-state index in [1.807, 2.05) is 0 Å². The molecule has 5 heteroatoms. The van der Waals surface area contributed by atoms with E-state index in [2.05, 4.69) is 0 Å². The topological polar surface area (TPSA) is 63.3 Å². The zero-order chi connectivity index (χ0) is 9.35. The number of halogens is 2. The normalized spacial score (nSPS) is 29.1. The van der Waals surface area contributed by atoms with Gasteiger partial charge in [-0.2, -0.15) is 8.78 Å². The van der Waals surface area contributed by atoms with Crippen molar-refractivity contribution in [1.82, 2.24) is 0 Å². The van der Waals surface area contributed by atoms with Crippen molar-refractivity contribution >= 4 is 5.97 Å². The lowest BCUT2D eigenvalue weighted by Crippen LogP contribution is -2.45. The van der Waals surface area contributed by atoms with Gasteiger partial charge in [0.15, 0.2) is 0 Å². The third kappa shape index (κ3) is 1.45. The van der Waals surface area contributed by atoms with Crippen LogP contribution >= 0.6 is 0 Å². The molecule has 1 fully saturated rings. The number of hydrogen-bond donors (Lipinski definition) is 2. The van der Waals surface area contributed by atoms with Crippen LogP contribution in [-0.2, 0) is 4.79 Å². The van der Waals surface area contributed by atoms with E-state index in [-0.39, 0.29) is 24.8 Å². The summed E-state index contributed by atoms with van der Waals surface area (Å²) in [5, 5.41) is 8.58. The highest BCUT2D eigenvalue weighted by molar-refractivity contribution is 5.79. The van der Waals surface area contributed by atoms with Gasteiger partial charge in [-0.05, 0) is 18.4 Å². The lowest BCUT2D eigenvalue weighted by molar-refractivity contribution is -0.142. The third-order valence-electron chi connectivity index (χ3n) is 2.09. The van der Waals surface area contributed by atoms with Crippen LogP contribution in [0.2, 0.25) is 0 Å². The van der Waals surface area contributed by atoms with Crippen molar-refractivity contribution in [3.63, 3.8) is 0 Å². The van der Waals surface area contributed by atoms with Crippen LogP contribution in [0.15, 0.2) is 11.7 Å². The second-order valence-corrected chi connectivity index (χ2v) is 3.00. The van der Waals surface area contributed by atoms with Gasteiger partial charge < -0.3 is 10.8 Å². The van der Waals surface area contributed by atoms with Gasteiger partial charge in [0.1, 0.15) is 5.54 Å². The van der Waals surface area contributed by atoms with E-state index in [1.54, 1.807) is 0 Å². The van der Waals surface area contributed by atoms with Crippen LogP contribution in [0.25, 0.3) is 0 Å². The fourth-order valence-electron chi connectivity index (χ4n) is 1.28. The number of aliphatic carboxylic acids is 1. The quantitative estimate of drug-likeness (QED) is 0.630. The summed E-state index contributed by atoms with van der Waals surface area (Å²) in [6.07, 6.45) is -1.84. The first-order valence-electron chi connectivity index (χ1n) is 3.51. The van der Waals surface area contributed by atoms with Crippen LogP contribution in [0.5, 0.6) is 0 Å². The number of carboxylic acids is 1. The maximum Gasteiger partial charge on any atom is 0.324 e. The van der Waals surface area contributed by atoms with Crippen molar-refractivity contribution < 1.29 is 18.7 Å². The Morgan fingerprint density at radius 3 is 2.42 bits per heavy atom. The Bertz CT molecular complexity index is 248. The molecule has 0 amide bonds. The number of nitrogens with two attached hydrogens (primary N) is 1. The van der Waals surface area contributed by atoms with E-state index in [0.717, 1.165) is 0 Å². The fraction of sp³-hybridized carbons (Fsp3) is 0.571. The SMILES string of the molecule is NC1(C(=O)O)CCC(=C(F)F)C1. The highest BCUT2D eigenvalue weighted by atomic mass is 19.3. The van der Waals surface area contributed by atoms with Crippen molar-refractivity contribution in [1.29, 1.82) is 0 Å². The van der Waals surface area contributed by atoms with E-state index in [9.17, 15) is 13.6 Å². The molecule has 12 heavy (non-hydrogen) atoms. The summed E-state index contributed by atoms with van der Waals surface area (Å²) in [5.74, 6) is -1.21. The van der Waals surface area contributed by atoms with Gasteiger partial charge in [0.2, 0.25) is 0 Å². The van der Waals surface area contributed by atoms with Crippen LogP contribution in [0.3, 0.4) is 0 Å². The molecule has 0 aliphatic heterocycles. The van der Waals surface area contributed by atoms with Crippen molar-refractivity contribution in [2.75, 3.05) is 0 Å². The van der Waals surface area contributed by atoms with Crippen molar-refractivity contribution in [2.24, 2.45) is 5.73 Å². The molecular weight excluding hydrogens is 168 g/mol. The summed E-state index contributed by atoms with van der Waals surface area (Å²) in [6.45, 7) is 0.